The summed E-state index contributed by atoms with van der Waals surface area (Å²) < 4.78 is 13.0. The fourth-order valence-electron chi connectivity index (χ4n) is 3.04. The van der Waals surface area contributed by atoms with Gasteiger partial charge in [-0.3, -0.25) is 4.79 Å². The Balaban J connectivity index is 1.83. The van der Waals surface area contributed by atoms with E-state index >= 15 is 0 Å². The molecule has 1 amide bonds. The molecule has 128 valence electrons. The Kier molecular flexibility index (Phi) is 5.79. The van der Waals surface area contributed by atoms with E-state index in [0.29, 0.717) is 19.5 Å². The standard InChI is InChI=1S/C19H28FNO2/c1-19(2,3)11-8-17(22)21-12-9-15(10-13-21)18(23)14-4-6-16(20)7-5-14/h4-7,15,18,23H,8-13H2,1-3H3. The van der Waals surface area contributed by atoms with Crippen LogP contribution in [0.4, 0.5) is 4.39 Å². The lowest BCUT2D eigenvalue weighted by Gasteiger charge is -2.35. The topological polar surface area (TPSA) is 40.5 Å². The number of likely N-dealkylation sites (tertiary alicyclic amines) is 1. The van der Waals surface area contributed by atoms with Crippen molar-refractivity contribution in [3.05, 3.63) is 35.6 Å². The van der Waals surface area contributed by atoms with Gasteiger partial charge in [0, 0.05) is 19.5 Å². The minimum atomic E-state index is -0.581. The van der Waals surface area contributed by atoms with Gasteiger partial charge in [-0.05, 0) is 48.3 Å². The summed E-state index contributed by atoms with van der Waals surface area (Å²) >= 11 is 0. The molecule has 1 saturated heterocycles. The molecule has 1 heterocycles. The fourth-order valence-corrected chi connectivity index (χ4v) is 3.04. The molecule has 0 spiro atoms. The minimum absolute atomic E-state index is 0.132. The molecule has 2 rings (SSSR count). The molecule has 0 bridgehead atoms. The number of carbonyl (C=O) groups is 1. The van der Waals surface area contributed by atoms with Gasteiger partial charge in [-0.2, -0.15) is 0 Å². The number of nitrogens with zero attached hydrogens (tertiary/aromatic N) is 1. The predicted molar refractivity (Wildman–Crippen MR) is 89.4 cm³/mol. The lowest BCUT2D eigenvalue weighted by molar-refractivity contribution is -0.133. The van der Waals surface area contributed by atoms with Gasteiger partial charge in [0.25, 0.3) is 0 Å². The summed E-state index contributed by atoms with van der Waals surface area (Å²) in [5.74, 6) is 0.0574. The van der Waals surface area contributed by atoms with Crippen molar-refractivity contribution in [2.45, 2.75) is 52.6 Å². The number of amides is 1. The van der Waals surface area contributed by atoms with Crippen molar-refractivity contribution in [1.29, 1.82) is 0 Å². The van der Waals surface area contributed by atoms with Gasteiger partial charge in [-0.15, -0.1) is 0 Å². The molecule has 1 N–H and O–H groups in total. The van der Waals surface area contributed by atoms with Crippen LogP contribution in [-0.2, 0) is 4.79 Å². The summed E-state index contributed by atoms with van der Waals surface area (Å²) in [6, 6.07) is 6.04. The zero-order chi connectivity index (χ0) is 17.0. The molecule has 0 radical (unpaired) electrons. The van der Waals surface area contributed by atoms with Gasteiger partial charge in [0.05, 0.1) is 6.10 Å². The molecule has 1 aliphatic rings. The van der Waals surface area contributed by atoms with Crippen LogP contribution in [-0.4, -0.2) is 29.0 Å². The maximum absolute atomic E-state index is 13.0. The van der Waals surface area contributed by atoms with Crippen LogP contribution in [0.3, 0.4) is 0 Å². The molecule has 1 fully saturated rings. The average Bonchev–Trinajstić information content (AvgIpc) is 2.52. The van der Waals surface area contributed by atoms with Crippen LogP contribution in [0.25, 0.3) is 0 Å². The fraction of sp³-hybridized carbons (Fsp3) is 0.632. The molecular weight excluding hydrogens is 293 g/mol. The van der Waals surface area contributed by atoms with Crippen LogP contribution in [0.2, 0.25) is 0 Å². The smallest absolute Gasteiger partial charge is 0.222 e. The quantitative estimate of drug-likeness (QED) is 0.913. The predicted octanol–water partition coefficient (Wildman–Crippen LogP) is 3.92. The van der Waals surface area contributed by atoms with Gasteiger partial charge in [0.2, 0.25) is 5.91 Å². The molecule has 1 aromatic rings. The molecule has 1 atom stereocenters. The van der Waals surface area contributed by atoms with Crippen LogP contribution in [0, 0.1) is 17.2 Å². The van der Waals surface area contributed by atoms with Crippen molar-refractivity contribution in [2.24, 2.45) is 11.3 Å². The van der Waals surface area contributed by atoms with Gasteiger partial charge < -0.3 is 10.0 Å². The molecule has 1 aliphatic heterocycles. The molecule has 1 aromatic carbocycles. The summed E-state index contributed by atoms with van der Waals surface area (Å²) in [7, 11) is 0. The van der Waals surface area contributed by atoms with Crippen molar-refractivity contribution in [3.8, 4) is 0 Å². The number of aliphatic hydroxyl groups excluding tert-OH is 1. The molecule has 1 unspecified atom stereocenters. The van der Waals surface area contributed by atoms with Crippen LogP contribution in [0.1, 0.15) is 58.1 Å². The highest BCUT2D eigenvalue weighted by atomic mass is 19.1. The third-order valence-electron chi connectivity index (χ3n) is 4.64. The first-order valence-electron chi connectivity index (χ1n) is 8.47. The molecule has 4 heteroatoms. The maximum atomic E-state index is 13.0. The summed E-state index contributed by atoms with van der Waals surface area (Å²) in [5, 5.41) is 10.4. The van der Waals surface area contributed by atoms with E-state index in [0.717, 1.165) is 24.8 Å². The SMILES string of the molecule is CC(C)(C)CCC(=O)N1CCC(C(O)c2ccc(F)cc2)CC1. The highest BCUT2D eigenvalue weighted by Crippen LogP contribution is 2.31. The van der Waals surface area contributed by atoms with Crippen LogP contribution in [0.15, 0.2) is 24.3 Å². The number of hydrogen-bond donors (Lipinski definition) is 1. The van der Waals surface area contributed by atoms with Crippen molar-refractivity contribution >= 4 is 5.91 Å². The van der Waals surface area contributed by atoms with Gasteiger partial charge >= 0.3 is 0 Å². The van der Waals surface area contributed by atoms with Gasteiger partial charge in [-0.1, -0.05) is 32.9 Å². The van der Waals surface area contributed by atoms with Crippen LogP contribution in [0.5, 0.6) is 0 Å². The average molecular weight is 321 g/mol. The Bertz CT molecular complexity index is 513. The summed E-state index contributed by atoms with van der Waals surface area (Å²) in [4.78, 5) is 14.2. The van der Waals surface area contributed by atoms with E-state index in [1.54, 1.807) is 12.1 Å². The lowest BCUT2D eigenvalue weighted by atomic mass is 9.86. The number of hydrogen-bond acceptors (Lipinski definition) is 2. The normalized spacial score (nSPS) is 18.0. The number of rotatable bonds is 4. The number of piperidine rings is 1. The van der Waals surface area contributed by atoms with Gasteiger partial charge in [0.1, 0.15) is 5.82 Å². The minimum Gasteiger partial charge on any atom is -0.388 e. The first-order chi connectivity index (χ1) is 10.8. The lowest BCUT2D eigenvalue weighted by Crippen LogP contribution is -2.40. The zero-order valence-corrected chi connectivity index (χ0v) is 14.4. The first-order valence-corrected chi connectivity index (χ1v) is 8.47. The van der Waals surface area contributed by atoms with Crippen molar-refractivity contribution in [1.82, 2.24) is 4.90 Å². The third kappa shape index (κ3) is 5.31. The zero-order valence-electron chi connectivity index (χ0n) is 14.4. The van der Waals surface area contributed by atoms with Crippen molar-refractivity contribution in [3.63, 3.8) is 0 Å². The first kappa shape index (κ1) is 17.9. The Morgan fingerprint density at radius 2 is 1.83 bits per heavy atom. The van der Waals surface area contributed by atoms with Gasteiger partial charge in [0.15, 0.2) is 0 Å². The van der Waals surface area contributed by atoms with Gasteiger partial charge in [-0.25, -0.2) is 4.39 Å². The molecule has 23 heavy (non-hydrogen) atoms. The highest BCUT2D eigenvalue weighted by molar-refractivity contribution is 5.76. The second-order valence-corrected chi connectivity index (χ2v) is 7.78. The Morgan fingerprint density at radius 3 is 2.35 bits per heavy atom. The highest BCUT2D eigenvalue weighted by Gasteiger charge is 2.28. The third-order valence-corrected chi connectivity index (χ3v) is 4.64. The second kappa shape index (κ2) is 7.43. The summed E-state index contributed by atoms with van der Waals surface area (Å²) in [5.41, 5.74) is 0.927. The van der Waals surface area contributed by atoms with E-state index in [2.05, 4.69) is 20.8 Å². The molecule has 0 aliphatic carbocycles. The maximum Gasteiger partial charge on any atom is 0.222 e. The van der Waals surface area contributed by atoms with E-state index in [4.69, 9.17) is 0 Å². The van der Waals surface area contributed by atoms with E-state index < -0.39 is 6.10 Å². The molecule has 0 saturated carbocycles. The van der Waals surface area contributed by atoms with Crippen molar-refractivity contribution < 1.29 is 14.3 Å². The van der Waals surface area contributed by atoms with E-state index in [1.165, 1.54) is 12.1 Å². The largest absolute Gasteiger partial charge is 0.388 e. The van der Waals surface area contributed by atoms with E-state index in [9.17, 15) is 14.3 Å². The Labute approximate surface area is 138 Å². The molecule has 0 aromatic heterocycles. The number of halogens is 1. The van der Waals surface area contributed by atoms with E-state index in [-0.39, 0.29) is 23.1 Å². The number of carbonyl (C=O) groups excluding carboxylic acids is 1. The van der Waals surface area contributed by atoms with Crippen LogP contribution < -0.4 is 0 Å². The van der Waals surface area contributed by atoms with Crippen molar-refractivity contribution in [2.75, 3.05) is 13.1 Å². The Hall–Kier alpha value is -1.42. The molecular formula is C19H28FNO2. The van der Waals surface area contributed by atoms with Crippen LogP contribution >= 0.6 is 0 Å². The second-order valence-electron chi connectivity index (χ2n) is 7.78. The number of aliphatic hydroxyl groups is 1. The van der Waals surface area contributed by atoms with E-state index in [1.807, 2.05) is 4.90 Å². The number of benzene rings is 1. The Morgan fingerprint density at radius 1 is 1.26 bits per heavy atom. The molecule has 3 nitrogen and oxygen atoms in total. The summed E-state index contributed by atoms with van der Waals surface area (Å²) in [6.07, 6.45) is 2.49. The summed E-state index contributed by atoms with van der Waals surface area (Å²) in [6.45, 7) is 7.83. The monoisotopic (exact) mass is 321 g/mol.